The van der Waals surface area contributed by atoms with Crippen molar-refractivity contribution in [3.05, 3.63) is 30.6 Å². The van der Waals surface area contributed by atoms with Gasteiger partial charge in [-0.1, -0.05) is 70.8 Å². The molecule has 1 rings (SSSR count). The number of nitrogens with zero attached hydrogens (tertiary/aromatic N) is 1. The molecule has 0 spiro atoms. The van der Waals surface area contributed by atoms with Crippen LogP contribution >= 0.6 is 0 Å². The second kappa shape index (κ2) is 13.3. The molecule has 1 aromatic heterocycles. The number of aromatic nitrogens is 1. The van der Waals surface area contributed by atoms with Crippen LogP contribution in [0.25, 0.3) is 0 Å². The molecule has 0 aliphatic rings. The molecule has 0 fully saturated rings. The summed E-state index contributed by atoms with van der Waals surface area (Å²) in [5.41, 5.74) is 0. The first-order valence-corrected chi connectivity index (χ1v) is 8.92. The van der Waals surface area contributed by atoms with Crippen LogP contribution < -0.4 is 4.57 Å². The van der Waals surface area contributed by atoms with Crippen molar-refractivity contribution in [2.24, 2.45) is 0 Å². The molecule has 0 N–H and O–H groups in total. The third-order valence-corrected chi connectivity index (χ3v) is 3.85. The van der Waals surface area contributed by atoms with Crippen molar-refractivity contribution >= 4 is 5.97 Å². The fourth-order valence-electron chi connectivity index (χ4n) is 2.51. The van der Waals surface area contributed by atoms with Crippen LogP contribution in [-0.4, -0.2) is 12.6 Å². The van der Waals surface area contributed by atoms with E-state index < -0.39 is 0 Å². The van der Waals surface area contributed by atoms with Gasteiger partial charge in [0.25, 0.3) is 0 Å². The fraction of sp³-hybridized carbons (Fsp3) is 0.684. The predicted molar refractivity (Wildman–Crippen MR) is 89.4 cm³/mol. The van der Waals surface area contributed by atoms with Gasteiger partial charge in [0, 0.05) is 12.1 Å². The molecular formula is C19H32NO2+. The summed E-state index contributed by atoms with van der Waals surface area (Å²) in [6, 6.07) is 5.76. The highest BCUT2D eigenvalue weighted by molar-refractivity contribution is 5.67. The van der Waals surface area contributed by atoms with Gasteiger partial charge in [-0.15, -0.1) is 0 Å². The van der Waals surface area contributed by atoms with E-state index in [1.807, 2.05) is 35.2 Å². The maximum absolute atomic E-state index is 11.6. The number of ether oxygens (including phenoxy) is 1. The molecule has 1 aromatic rings. The van der Waals surface area contributed by atoms with E-state index >= 15 is 0 Å². The second-order valence-electron chi connectivity index (χ2n) is 5.95. The molecule has 0 bridgehead atoms. The van der Waals surface area contributed by atoms with Crippen molar-refractivity contribution in [3.8, 4) is 0 Å². The lowest BCUT2D eigenvalue weighted by Crippen LogP contribution is -2.37. The number of hydrogen-bond donors (Lipinski definition) is 0. The maximum Gasteiger partial charge on any atom is 0.372 e. The molecular weight excluding hydrogens is 274 g/mol. The van der Waals surface area contributed by atoms with Crippen molar-refractivity contribution in [2.45, 2.75) is 77.7 Å². The molecule has 22 heavy (non-hydrogen) atoms. The first-order valence-electron chi connectivity index (χ1n) is 8.92. The first-order chi connectivity index (χ1) is 10.8. The van der Waals surface area contributed by atoms with Gasteiger partial charge in [-0.2, -0.15) is 4.57 Å². The van der Waals surface area contributed by atoms with E-state index in [2.05, 4.69) is 6.92 Å². The van der Waals surface area contributed by atoms with Crippen LogP contribution in [0.1, 0.15) is 71.1 Å². The van der Waals surface area contributed by atoms with E-state index in [4.69, 9.17) is 4.74 Å². The summed E-state index contributed by atoms with van der Waals surface area (Å²) in [4.78, 5) is 11.6. The predicted octanol–water partition coefficient (Wildman–Crippen LogP) is 4.44. The van der Waals surface area contributed by atoms with Gasteiger partial charge in [-0.3, -0.25) is 0 Å². The highest BCUT2D eigenvalue weighted by Gasteiger charge is 2.09. The number of rotatable bonds is 13. The number of pyridine rings is 1. The summed E-state index contributed by atoms with van der Waals surface area (Å²) < 4.78 is 7.09. The van der Waals surface area contributed by atoms with Crippen molar-refractivity contribution < 1.29 is 14.1 Å². The highest BCUT2D eigenvalue weighted by Crippen LogP contribution is 2.10. The third-order valence-electron chi connectivity index (χ3n) is 3.85. The average Bonchev–Trinajstić information content (AvgIpc) is 2.53. The zero-order valence-corrected chi connectivity index (χ0v) is 14.1. The summed E-state index contributed by atoms with van der Waals surface area (Å²) in [6.45, 7) is 3.12. The molecule has 0 amide bonds. The Morgan fingerprint density at radius 1 is 0.818 bits per heavy atom. The Morgan fingerprint density at radius 2 is 1.36 bits per heavy atom. The topological polar surface area (TPSA) is 30.2 Å². The van der Waals surface area contributed by atoms with Crippen LogP contribution in [0.3, 0.4) is 0 Å². The van der Waals surface area contributed by atoms with Gasteiger partial charge in [-0.05, 0) is 6.42 Å². The van der Waals surface area contributed by atoms with Crippen molar-refractivity contribution in [2.75, 3.05) is 6.61 Å². The standard InChI is InChI=1S/C19H32NO2/c1-2-3-4-5-6-7-8-9-10-14-17-22-19(21)18-20-15-12-11-13-16-20/h11-13,15-16H,2-10,14,17-18H2,1H3/q+1. The number of unbranched alkanes of at least 4 members (excludes halogenated alkanes) is 9. The summed E-state index contributed by atoms with van der Waals surface area (Å²) in [7, 11) is 0. The number of hydrogen-bond acceptors (Lipinski definition) is 2. The second-order valence-corrected chi connectivity index (χ2v) is 5.95. The van der Waals surface area contributed by atoms with Gasteiger partial charge in [0.05, 0.1) is 6.61 Å². The molecule has 124 valence electrons. The van der Waals surface area contributed by atoms with Crippen molar-refractivity contribution in [3.63, 3.8) is 0 Å². The molecule has 1 heterocycles. The van der Waals surface area contributed by atoms with E-state index in [9.17, 15) is 4.79 Å². The van der Waals surface area contributed by atoms with E-state index in [1.54, 1.807) is 0 Å². The zero-order valence-electron chi connectivity index (χ0n) is 14.1. The Kier molecular flexibility index (Phi) is 11.3. The average molecular weight is 306 g/mol. The minimum Gasteiger partial charge on any atom is -0.461 e. The lowest BCUT2D eigenvalue weighted by molar-refractivity contribution is -0.686. The van der Waals surface area contributed by atoms with Gasteiger partial charge in [0.1, 0.15) is 0 Å². The Labute approximate surface area is 135 Å². The minimum atomic E-state index is -0.146. The largest absolute Gasteiger partial charge is 0.461 e. The Morgan fingerprint density at radius 3 is 1.95 bits per heavy atom. The van der Waals surface area contributed by atoms with Gasteiger partial charge in [-0.25, -0.2) is 4.79 Å². The van der Waals surface area contributed by atoms with Crippen molar-refractivity contribution in [1.82, 2.24) is 0 Å². The number of esters is 1. The monoisotopic (exact) mass is 306 g/mol. The summed E-state index contributed by atoms with van der Waals surface area (Å²) in [5, 5.41) is 0. The highest BCUT2D eigenvalue weighted by atomic mass is 16.5. The lowest BCUT2D eigenvalue weighted by Gasteiger charge is -2.04. The lowest BCUT2D eigenvalue weighted by atomic mass is 10.1. The SMILES string of the molecule is CCCCCCCCCCCCOC(=O)C[n+]1ccccc1. The molecule has 3 nitrogen and oxygen atoms in total. The van der Waals surface area contributed by atoms with Crippen LogP contribution in [-0.2, 0) is 16.1 Å². The van der Waals surface area contributed by atoms with Crippen LogP contribution in [0.4, 0.5) is 0 Å². The van der Waals surface area contributed by atoms with Crippen LogP contribution in [0.15, 0.2) is 30.6 Å². The molecule has 0 unspecified atom stereocenters. The van der Waals surface area contributed by atoms with E-state index in [0.717, 1.165) is 6.42 Å². The Balaban J connectivity index is 1.86. The van der Waals surface area contributed by atoms with Crippen LogP contribution in [0.2, 0.25) is 0 Å². The summed E-state index contributed by atoms with van der Waals surface area (Å²) >= 11 is 0. The van der Waals surface area contributed by atoms with Gasteiger partial charge in [0.15, 0.2) is 12.4 Å². The quantitative estimate of drug-likeness (QED) is 0.306. The van der Waals surface area contributed by atoms with E-state index in [-0.39, 0.29) is 5.97 Å². The fourth-order valence-corrected chi connectivity index (χ4v) is 2.51. The zero-order chi connectivity index (χ0) is 15.9. The molecule has 0 radical (unpaired) electrons. The summed E-state index contributed by atoms with van der Waals surface area (Å²) in [6.07, 6.45) is 16.7. The van der Waals surface area contributed by atoms with E-state index in [1.165, 1.54) is 57.8 Å². The van der Waals surface area contributed by atoms with E-state index in [0.29, 0.717) is 13.2 Å². The normalized spacial score (nSPS) is 10.6. The molecule has 0 aliphatic heterocycles. The van der Waals surface area contributed by atoms with Crippen LogP contribution in [0.5, 0.6) is 0 Å². The van der Waals surface area contributed by atoms with Gasteiger partial charge >= 0.3 is 5.97 Å². The van der Waals surface area contributed by atoms with Gasteiger partial charge < -0.3 is 4.74 Å². The van der Waals surface area contributed by atoms with Gasteiger partial charge in [0.2, 0.25) is 6.54 Å². The van der Waals surface area contributed by atoms with Crippen molar-refractivity contribution in [1.29, 1.82) is 0 Å². The summed E-state index contributed by atoms with van der Waals surface area (Å²) in [5.74, 6) is -0.146. The molecule has 0 saturated heterocycles. The smallest absolute Gasteiger partial charge is 0.372 e. The maximum atomic E-state index is 11.6. The molecule has 0 aliphatic carbocycles. The first kappa shape index (κ1) is 18.7. The molecule has 0 atom stereocenters. The molecule has 0 saturated carbocycles. The van der Waals surface area contributed by atoms with Crippen LogP contribution in [0, 0.1) is 0 Å². The number of carbonyl (C=O) groups is 1. The third kappa shape index (κ3) is 10.4. The molecule has 3 heteroatoms. The number of carbonyl (C=O) groups excluding carboxylic acids is 1. The Bertz CT molecular complexity index is 378. The molecule has 0 aromatic carbocycles. The minimum absolute atomic E-state index is 0.146. The Hall–Kier alpha value is -1.38.